The maximum Gasteiger partial charge on any atom is 0.213 e. The van der Waals surface area contributed by atoms with Crippen molar-refractivity contribution in [2.24, 2.45) is 0 Å². The molecule has 0 aliphatic carbocycles. The summed E-state index contributed by atoms with van der Waals surface area (Å²) in [4.78, 5) is 8.50. The summed E-state index contributed by atoms with van der Waals surface area (Å²) in [6.45, 7) is 21.6. The van der Waals surface area contributed by atoms with E-state index >= 15 is 0 Å². The molecule has 0 aromatic heterocycles. The Morgan fingerprint density at radius 1 is 0.528 bits per heavy atom. The minimum absolute atomic E-state index is 0.768. The predicted molar refractivity (Wildman–Crippen MR) is 149 cm³/mol. The topological polar surface area (TPSA) is 13.0 Å². The van der Waals surface area contributed by atoms with Gasteiger partial charge in [0.1, 0.15) is 0 Å². The monoisotopic (exact) mass is 474 g/mol. The highest BCUT2D eigenvalue weighted by atomic mass is 15.3. The molecule has 0 bridgehead atoms. The molecule has 3 aromatic carbocycles. The fourth-order valence-corrected chi connectivity index (χ4v) is 5.47. The summed E-state index contributed by atoms with van der Waals surface area (Å²) in [7, 11) is 0. The average Bonchev–Trinajstić information content (AvgIpc) is 3.44. The number of nitrogens with zero attached hydrogens (tertiary/aromatic N) is 4. The molecule has 4 nitrogen and oxygen atoms in total. The second-order valence-electron chi connectivity index (χ2n) is 10.1. The first-order chi connectivity index (χ1) is 17.3. The van der Waals surface area contributed by atoms with Crippen LogP contribution in [0.2, 0.25) is 0 Å². The molecular weight excluding hydrogens is 440 g/mol. The van der Waals surface area contributed by atoms with E-state index in [1.165, 1.54) is 55.9 Å². The summed E-state index contributed by atoms with van der Waals surface area (Å²) in [5.41, 5.74) is 12.6. The third-order valence-corrected chi connectivity index (χ3v) is 6.82. The second-order valence-corrected chi connectivity index (χ2v) is 10.1. The SMILES string of the molecule is Cc1cc(C)c(N2[C]N(Cc3ccccc3CN3[C]N(c4c(C)cc(C)cc4C)C=C3)C=C2)c(C)c1. The molecule has 0 saturated carbocycles. The summed E-state index contributed by atoms with van der Waals surface area (Å²) >= 11 is 0. The van der Waals surface area contributed by atoms with E-state index in [2.05, 4.69) is 148 Å². The molecule has 0 amide bonds. The average molecular weight is 475 g/mol. The van der Waals surface area contributed by atoms with Crippen molar-refractivity contribution in [1.29, 1.82) is 0 Å². The van der Waals surface area contributed by atoms with Crippen molar-refractivity contribution in [1.82, 2.24) is 9.80 Å². The van der Waals surface area contributed by atoms with E-state index in [1.807, 2.05) is 0 Å². The van der Waals surface area contributed by atoms with Crippen molar-refractivity contribution in [2.75, 3.05) is 9.80 Å². The lowest BCUT2D eigenvalue weighted by molar-refractivity contribution is 0.438. The number of aryl methyl sites for hydroxylation is 6. The minimum atomic E-state index is 0.768. The summed E-state index contributed by atoms with van der Waals surface area (Å²) < 4.78 is 0. The molecule has 0 spiro atoms. The number of anilines is 2. The van der Waals surface area contributed by atoms with E-state index in [0.29, 0.717) is 0 Å². The fourth-order valence-electron chi connectivity index (χ4n) is 5.47. The molecule has 0 unspecified atom stereocenters. The highest BCUT2D eigenvalue weighted by molar-refractivity contribution is 5.65. The van der Waals surface area contributed by atoms with Crippen LogP contribution in [0.15, 0.2) is 73.3 Å². The molecule has 4 radical (unpaired) electrons. The van der Waals surface area contributed by atoms with Gasteiger partial charge in [0.15, 0.2) is 0 Å². The fraction of sp³-hybridized carbons (Fsp3) is 0.250. The van der Waals surface area contributed by atoms with Gasteiger partial charge < -0.3 is 19.6 Å². The summed E-state index contributed by atoms with van der Waals surface area (Å²) in [6.07, 6.45) is 8.41. The van der Waals surface area contributed by atoms with E-state index in [0.717, 1.165) is 13.1 Å². The van der Waals surface area contributed by atoms with Gasteiger partial charge in [0.25, 0.3) is 0 Å². The second kappa shape index (κ2) is 9.77. The molecule has 0 saturated heterocycles. The zero-order valence-electron chi connectivity index (χ0n) is 22.1. The van der Waals surface area contributed by atoms with Crippen LogP contribution in [-0.2, 0) is 13.1 Å². The van der Waals surface area contributed by atoms with Crippen molar-refractivity contribution in [3.63, 3.8) is 0 Å². The van der Waals surface area contributed by atoms with Gasteiger partial charge in [0.2, 0.25) is 13.3 Å². The molecule has 2 heterocycles. The molecule has 5 rings (SSSR count). The van der Waals surface area contributed by atoms with Gasteiger partial charge in [0.05, 0.1) is 0 Å². The van der Waals surface area contributed by atoms with Crippen LogP contribution in [0.1, 0.15) is 44.5 Å². The Bertz CT molecular complexity index is 1190. The Hall–Kier alpha value is -3.66. The number of benzene rings is 3. The molecule has 4 heteroatoms. The molecule has 2 aliphatic rings. The van der Waals surface area contributed by atoms with Crippen molar-refractivity contribution in [3.8, 4) is 0 Å². The van der Waals surface area contributed by atoms with E-state index in [9.17, 15) is 0 Å². The molecular formula is C32H34N4. The first-order valence-corrected chi connectivity index (χ1v) is 12.5. The molecule has 0 atom stereocenters. The summed E-state index contributed by atoms with van der Waals surface area (Å²) in [5.74, 6) is 0. The molecule has 182 valence electrons. The van der Waals surface area contributed by atoms with Crippen molar-refractivity contribution >= 4 is 11.4 Å². The minimum Gasteiger partial charge on any atom is -0.342 e. The van der Waals surface area contributed by atoms with Crippen molar-refractivity contribution in [2.45, 2.75) is 54.6 Å². The largest absolute Gasteiger partial charge is 0.342 e. The molecule has 0 N–H and O–H groups in total. The van der Waals surface area contributed by atoms with Crippen LogP contribution in [0.25, 0.3) is 0 Å². The maximum absolute atomic E-state index is 3.53. The van der Waals surface area contributed by atoms with E-state index in [-0.39, 0.29) is 0 Å². The van der Waals surface area contributed by atoms with Gasteiger partial charge in [-0.1, -0.05) is 59.7 Å². The Labute approximate surface area is 216 Å². The Morgan fingerprint density at radius 3 is 1.25 bits per heavy atom. The van der Waals surface area contributed by atoms with Gasteiger partial charge in [-0.25, -0.2) is 0 Å². The van der Waals surface area contributed by atoms with Crippen LogP contribution in [0.3, 0.4) is 0 Å². The predicted octanol–water partition coefficient (Wildman–Crippen LogP) is 7.12. The molecule has 0 fully saturated rings. The number of rotatable bonds is 6. The zero-order valence-corrected chi connectivity index (χ0v) is 22.1. The highest BCUT2D eigenvalue weighted by Gasteiger charge is 2.23. The number of hydrogen-bond donors (Lipinski definition) is 0. The highest BCUT2D eigenvalue weighted by Crippen LogP contribution is 2.33. The first-order valence-electron chi connectivity index (χ1n) is 12.5. The lowest BCUT2D eigenvalue weighted by Gasteiger charge is -2.25. The van der Waals surface area contributed by atoms with Crippen LogP contribution in [-0.4, -0.2) is 9.80 Å². The van der Waals surface area contributed by atoms with Gasteiger partial charge in [-0.2, -0.15) is 0 Å². The van der Waals surface area contributed by atoms with E-state index < -0.39 is 0 Å². The summed E-state index contributed by atoms with van der Waals surface area (Å²) in [5, 5.41) is 0. The third kappa shape index (κ3) is 4.86. The lowest BCUT2D eigenvalue weighted by atomic mass is 10.0. The molecule has 2 aliphatic heterocycles. The van der Waals surface area contributed by atoms with Crippen molar-refractivity contribution < 1.29 is 0 Å². The third-order valence-electron chi connectivity index (χ3n) is 6.82. The normalized spacial score (nSPS) is 15.1. The number of hydrogen-bond acceptors (Lipinski definition) is 4. The van der Waals surface area contributed by atoms with Crippen LogP contribution in [0.4, 0.5) is 11.4 Å². The Balaban J connectivity index is 1.26. The van der Waals surface area contributed by atoms with Crippen LogP contribution in [0.5, 0.6) is 0 Å². The lowest BCUT2D eigenvalue weighted by Crippen LogP contribution is -2.22. The van der Waals surface area contributed by atoms with Crippen LogP contribution >= 0.6 is 0 Å². The van der Waals surface area contributed by atoms with Gasteiger partial charge in [0, 0.05) is 49.3 Å². The van der Waals surface area contributed by atoms with Gasteiger partial charge in [-0.3, -0.25) is 0 Å². The Morgan fingerprint density at radius 2 is 0.889 bits per heavy atom. The van der Waals surface area contributed by atoms with Crippen LogP contribution in [0, 0.1) is 54.9 Å². The molecule has 3 aromatic rings. The quantitative estimate of drug-likeness (QED) is 0.377. The first kappa shape index (κ1) is 24.1. The van der Waals surface area contributed by atoms with E-state index in [1.54, 1.807) is 0 Å². The van der Waals surface area contributed by atoms with Crippen LogP contribution < -0.4 is 9.80 Å². The van der Waals surface area contributed by atoms with E-state index in [4.69, 9.17) is 0 Å². The Kier molecular flexibility index (Phi) is 6.53. The van der Waals surface area contributed by atoms with Gasteiger partial charge in [-0.05, 0) is 74.9 Å². The zero-order chi connectivity index (χ0) is 25.4. The molecule has 36 heavy (non-hydrogen) atoms. The van der Waals surface area contributed by atoms with Crippen molar-refractivity contribution in [3.05, 3.63) is 131 Å². The maximum atomic E-state index is 3.53. The van der Waals surface area contributed by atoms with Gasteiger partial charge in [-0.15, -0.1) is 0 Å². The standard InChI is InChI=1S/C32H34N4/c1-23-15-25(3)31(26(4)16-23)35-13-11-33(21-35)19-29-9-7-8-10-30(29)20-34-12-14-36(22-34)32-27(5)17-24(2)18-28(32)6/h7-18H,19-20H2,1-6H3. The summed E-state index contributed by atoms with van der Waals surface area (Å²) in [6, 6.07) is 17.6. The smallest absolute Gasteiger partial charge is 0.213 e. The van der Waals surface area contributed by atoms with Gasteiger partial charge >= 0.3 is 0 Å².